The van der Waals surface area contributed by atoms with Gasteiger partial charge < -0.3 is 4.74 Å². The molecule has 0 atom stereocenters. The number of rotatable bonds is 6. The Kier molecular flexibility index (Phi) is 4.60. The van der Waals surface area contributed by atoms with Gasteiger partial charge >= 0.3 is 5.97 Å². The van der Waals surface area contributed by atoms with Crippen molar-refractivity contribution in [3.8, 4) is 11.4 Å². The van der Waals surface area contributed by atoms with Crippen LogP contribution in [0.1, 0.15) is 19.8 Å². The van der Waals surface area contributed by atoms with Crippen LogP contribution in [-0.4, -0.2) is 32.8 Å². The topological polar surface area (TPSA) is 69.9 Å². The number of nitrogens with zero attached hydrogens (tertiary/aromatic N) is 4. The van der Waals surface area contributed by atoms with E-state index in [0.29, 0.717) is 31.8 Å². The Labute approximate surface area is 111 Å². The van der Waals surface area contributed by atoms with Crippen LogP contribution in [0.3, 0.4) is 0 Å². The second-order valence-corrected chi connectivity index (χ2v) is 4.00. The molecule has 6 nitrogen and oxygen atoms in total. The number of aromatic nitrogens is 4. The molecule has 6 heteroatoms. The molecule has 2 aromatic rings. The van der Waals surface area contributed by atoms with Crippen molar-refractivity contribution in [1.82, 2.24) is 20.2 Å². The Hall–Kier alpha value is -2.24. The summed E-state index contributed by atoms with van der Waals surface area (Å²) < 4.78 is 6.58. The highest BCUT2D eigenvalue weighted by molar-refractivity contribution is 5.69. The van der Waals surface area contributed by atoms with Crippen LogP contribution in [0.4, 0.5) is 0 Å². The van der Waals surface area contributed by atoms with Crippen LogP contribution in [0.2, 0.25) is 0 Å². The minimum Gasteiger partial charge on any atom is -0.466 e. The summed E-state index contributed by atoms with van der Waals surface area (Å²) in [7, 11) is 0. The van der Waals surface area contributed by atoms with Gasteiger partial charge in [0.2, 0.25) is 0 Å². The lowest BCUT2D eigenvalue weighted by molar-refractivity contribution is -0.143. The highest BCUT2D eigenvalue weighted by atomic mass is 16.5. The summed E-state index contributed by atoms with van der Waals surface area (Å²) in [5.74, 6) is 0.529. The molecule has 0 aliphatic rings. The maximum atomic E-state index is 11.2. The van der Waals surface area contributed by atoms with Gasteiger partial charge in [0.25, 0.3) is 0 Å². The number of carbonyl (C=O) groups excluding carboxylic acids is 1. The first-order valence-corrected chi connectivity index (χ1v) is 6.28. The third-order valence-electron chi connectivity index (χ3n) is 2.62. The second kappa shape index (κ2) is 6.63. The fourth-order valence-corrected chi connectivity index (χ4v) is 1.76. The molecule has 0 saturated carbocycles. The molecule has 1 heterocycles. The third-order valence-corrected chi connectivity index (χ3v) is 2.62. The molecule has 19 heavy (non-hydrogen) atoms. The monoisotopic (exact) mass is 260 g/mol. The number of ether oxygens (including phenoxy) is 1. The Bertz CT molecular complexity index is 524. The lowest BCUT2D eigenvalue weighted by Crippen LogP contribution is -2.08. The largest absolute Gasteiger partial charge is 0.466 e. The summed E-state index contributed by atoms with van der Waals surface area (Å²) in [4.78, 5) is 11.2. The molecule has 0 fully saturated rings. The van der Waals surface area contributed by atoms with E-state index in [4.69, 9.17) is 4.74 Å². The molecule has 0 amide bonds. The van der Waals surface area contributed by atoms with E-state index in [1.165, 1.54) is 0 Å². The van der Waals surface area contributed by atoms with Gasteiger partial charge in [-0.1, -0.05) is 30.3 Å². The number of hydrogen-bond acceptors (Lipinski definition) is 5. The zero-order valence-electron chi connectivity index (χ0n) is 10.8. The van der Waals surface area contributed by atoms with Crippen molar-refractivity contribution in [2.75, 3.05) is 6.61 Å². The fourth-order valence-electron chi connectivity index (χ4n) is 1.76. The highest BCUT2D eigenvalue weighted by Crippen LogP contribution is 2.15. The van der Waals surface area contributed by atoms with Gasteiger partial charge in [0.1, 0.15) is 0 Å². The van der Waals surface area contributed by atoms with E-state index >= 15 is 0 Å². The maximum Gasteiger partial charge on any atom is 0.305 e. The number of carbonyl (C=O) groups is 1. The second-order valence-electron chi connectivity index (χ2n) is 4.00. The molecule has 0 saturated heterocycles. The van der Waals surface area contributed by atoms with E-state index in [2.05, 4.69) is 15.5 Å². The first-order valence-electron chi connectivity index (χ1n) is 6.28. The van der Waals surface area contributed by atoms with Crippen LogP contribution in [-0.2, 0) is 16.1 Å². The summed E-state index contributed by atoms with van der Waals surface area (Å²) in [5.41, 5.74) is 0.962. The summed E-state index contributed by atoms with van der Waals surface area (Å²) in [5, 5.41) is 11.6. The van der Waals surface area contributed by atoms with Gasteiger partial charge in [0.15, 0.2) is 5.82 Å². The minimum absolute atomic E-state index is 0.183. The summed E-state index contributed by atoms with van der Waals surface area (Å²) in [6.45, 7) is 2.81. The van der Waals surface area contributed by atoms with Crippen molar-refractivity contribution < 1.29 is 9.53 Å². The van der Waals surface area contributed by atoms with Crippen LogP contribution < -0.4 is 0 Å². The molecule has 1 aromatic heterocycles. The molecular formula is C13H16N4O2. The Balaban J connectivity index is 1.95. The van der Waals surface area contributed by atoms with Crippen molar-refractivity contribution >= 4 is 5.97 Å². The molecule has 0 aliphatic carbocycles. The lowest BCUT2D eigenvalue weighted by Gasteiger charge is -2.04. The summed E-state index contributed by atoms with van der Waals surface area (Å²) >= 11 is 0. The molecule has 0 bridgehead atoms. The van der Waals surface area contributed by atoms with Gasteiger partial charge in [-0.3, -0.25) is 4.79 Å². The molecule has 2 rings (SSSR count). The molecule has 0 aliphatic heterocycles. The van der Waals surface area contributed by atoms with E-state index < -0.39 is 0 Å². The number of benzene rings is 1. The van der Waals surface area contributed by atoms with Crippen molar-refractivity contribution in [3.63, 3.8) is 0 Å². The number of tetrazole rings is 1. The standard InChI is InChI=1S/C13H16N4O2/c1-2-19-12(18)9-6-10-17-13(14-15-16-17)11-7-4-3-5-8-11/h3-5,7-8H,2,6,9-10H2,1H3. The molecule has 0 spiro atoms. The number of hydrogen-bond donors (Lipinski definition) is 0. The molecule has 0 N–H and O–H groups in total. The number of aryl methyl sites for hydroxylation is 1. The molecule has 0 unspecified atom stereocenters. The van der Waals surface area contributed by atoms with E-state index in [1.807, 2.05) is 30.3 Å². The summed E-state index contributed by atoms with van der Waals surface area (Å²) in [6.07, 6.45) is 1.03. The van der Waals surface area contributed by atoms with E-state index in [0.717, 1.165) is 5.56 Å². The predicted octanol–water partition coefficient (Wildman–Crippen LogP) is 1.68. The molecular weight excluding hydrogens is 244 g/mol. The van der Waals surface area contributed by atoms with Gasteiger partial charge in [-0.25, -0.2) is 4.68 Å². The third kappa shape index (κ3) is 3.61. The average molecular weight is 260 g/mol. The van der Waals surface area contributed by atoms with E-state index in [9.17, 15) is 4.79 Å². The van der Waals surface area contributed by atoms with Crippen LogP contribution in [0.5, 0.6) is 0 Å². The highest BCUT2D eigenvalue weighted by Gasteiger charge is 2.09. The Morgan fingerprint density at radius 2 is 2.11 bits per heavy atom. The smallest absolute Gasteiger partial charge is 0.305 e. The van der Waals surface area contributed by atoms with Crippen molar-refractivity contribution in [2.24, 2.45) is 0 Å². The fraction of sp³-hybridized carbons (Fsp3) is 0.385. The first-order chi connectivity index (χ1) is 9.31. The van der Waals surface area contributed by atoms with Crippen LogP contribution in [0.15, 0.2) is 30.3 Å². The molecule has 0 radical (unpaired) electrons. The minimum atomic E-state index is -0.183. The zero-order valence-corrected chi connectivity index (χ0v) is 10.8. The van der Waals surface area contributed by atoms with Crippen LogP contribution >= 0.6 is 0 Å². The van der Waals surface area contributed by atoms with Gasteiger partial charge in [0, 0.05) is 18.5 Å². The normalized spacial score (nSPS) is 10.4. The van der Waals surface area contributed by atoms with Crippen molar-refractivity contribution in [3.05, 3.63) is 30.3 Å². The van der Waals surface area contributed by atoms with Crippen LogP contribution in [0, 0.1) is 0 Å². The quantitative estimate of drug-likeness (QED) is 0.739. The van der Waals surface area contributed by atoms with Gasteiger partial charge in [-0.2, -0.15) is 0 Å². The Morgan fingerprint density at radius 3 is 2.84 bits per heavy atom. The Morgan fingerprint density at radius 1 is 1.32 bits per heavy atom. The van der Waals surface area contributed by atoms with Crippen molar-refractivity contribution in [1.29, 1.82) is 0 Å². The van der Waals surface area contributed by atoms with Crippen molar-refractivity contribution in [2.45, 2.75) is 26.3 Å². The van der Waals surface area contributed by atoms with E-state index in [1.54, 1.807) is 11.6 Å². The molecule has 1 aromatic carbocycles. The summed E-state index contributed by atoms with van der Waals surface area (Å²) in [6, 6.07) is 9.72. The maximum absolute atomic E-state index is 11.2. The average Bonchev–Trinajstić information content (AvgIpc) is 2.88. The van der Waals surface area contributed by atoms with Gasteiger partial charge in [-0.15, -0.1) is 5.10 Å². The van der Waals surface area contributed by atoms with Gasteiger partial charge in [0.05, 0.1) is 6.61 Å². The lowest BCUT2D eigenvalue weighted by atomic mass is 10.2. The zero-order chi connectivity index (χ0) is 13.5. The number of esters is 1. The molecule has 100 valence electrons. The van der Waals surface area contributed by atoms with Gasteiger partial charge in [-0.05, 0) is 23.8 Å². The van der Waals surface area contributed by atoms with E-state index in [-0.39, 0.29) is 5.97 Å². The SMILES string of the molecule is CCOC(=O)CCCn1nnnc1-c1ccccc1. The predicted molar refractivity (Wildman–Crippen MR) is 69.1 cm³/mol. The first kappa shape index (κ1) is 13.2. The van der Waals surface area contributed by atoms with Crippen LogP contribution in [0.25, 0.3) is 11.4 Å².